The first-order chi connectivity index (χ1) is 11.7. The summed E-state index contributed by atoms with van der Waals surface area (Å²) in [7, 11) is 1.83. The van der Waals surface area contributed by atoms with Crippen LogP contribution >= 0.6 is 0 Å². The largest absolute Gasteiger partial charge is 0.396 e. The molecule has 6 nitrogen and oxygen atoms in total. The lowest BCUT2D eigenvalue weighted by Crippen LogP contribution is -2.45. The third kappa shape index (κ3) is 3.76. The van der Waals surface area contributed by atoms with Crippen LogP contribution in [0.2, 0.25) is 0 Å². The molecule has 0 radical (unpaired) electrons. The topological polar surface area (TPSA) is 79.2 Å². The van der Waals surface area contributed by atoms with Crippen molar-refractivity contribution in [1.29, 1.82) is 0 Å². The Morgan fingerprint density at radius 3 is 2.79 bits per heavy atom. The standard InChI is InChI=1S/C18H24N4O2/c1-22-11-16(17(21-22)13-7-3-2-4-8-13)20-18(24)19-15-10-6-5-9-14(15)12-23/h2-4,7-8,11,14-15,23H,5-6,9-10,12H2,1H3,(H2,19,20,24). The second kappa shape index (κ2) is 7.49. The summed E-state index contributed by atoms with van der Waals surface area (Å²) in [6, 6.07) is 9.56. The third-order valence-corrected chi connectivity index (χ3v) is 4.58. The molecular formula is C18H24N4O2. The van der Waals surface area contributed by atoms with Gasteiger partial charge in [0.25, 0.3) is 0 Å². The van der Waals surface area contributed by atoms with Gasteiger partial charge in [-0.1, -0.05) is 43.2 Å². The predicted molar refractivity (Wildman–Crippen MR) is 93.6 cm³/mol. The minimum atomic E-state index is -0.245. The molecule has 1 aliphatic rings. The number of nitrogens with one attached hydrogen (secondary N) is 2. The average molecular weight is 328 g/mol. The molecule has 128 valence electrons. The number of urea groups is 1. The number of carbonyl (C=O) groups is 1. The number of hydrogen-bond acceptors (Lipinski definition) is 3. The molecule has 3 N–H and O–H groups in total. The van der Waals surface area contributed by atoms with Crippen molar-refractivity contribution in [3.8, 4) is 11.3 Å². The number of nitrogens with zero attached hydrogens (tertiary/aromatic N) is 2. The van der Waals surface area contributed by atoms with E-state index in [0.29, 0.717) is 5.69 Å². The lowest BCUT2D eigenvalue weighted by atomic mass is 9.85. The summed E-state index contributed by atoms with van der Waals surface area (Å²) in [4.78, 5) is 12.4. The highest BCUT2D eigenvalue weighted by Crippen LogP contribution is 2.27. The number of aryl methyl sites for hydroxylation is 1. The molecule has 0 spiro atoms. The van der Waals surface area contributed by atoms with E-state index >= 15 is 0 Å². The predicted octanol–water partition coefficient (Wildman–Crippen LogP) is 2.76. The van der Waals surface area contributed by atoms with Crippen LogP contribution in [0.5, 0.6) is 0 Å². The summed E-state index contributed by atoms with van der Waals surface area (Å²) in [6.07, 6.45) is 5.88. The molecule has 2 aromatic rings. The normalized spacial score (nSPS) is 20.6. The molecule has 2 atom stereocenters. The van der Waals surface area contributed by atoms with Gasteiger partial charge < -0.3 is 15.7 Å². The van der Waals surface area contributed by atoms with Crippen molar-refractivity contribution >= 4 is 11.7 Å². The molecule has 6 heteroatoms. The van der Waals surface area contributed by atoms with Gasteiger partial charge in [-0.2, -0.15) is 5.10 Å². The first kappa shape index (κ1) is 16.5. The van der Waals surface area contributed by atoms with E-state index in [1.165, 1.54) is 0 Å². The number of amides is 2. The molecule has 1 aliphatic carbocycles. The van der Waals surface area contributed by atoms with Crippen molar-refractivity contribution in [2.24, 2.45) is 13.0 Å². The Morgan fingerprint density at radius 2 is 2.04 bits per heavy atom. The number of rotatable bonds is 4. The summed E-state index contributed by atoms with van der Waals surface area (Å²) in [5.41, 5.74) is 2.38. The SMILES string of the molecule is Cn1cc(NC(=O)NC2CCCCC2CO)c(-c2ccccc2)n1. The molecule has 1 aromatic heterocycles. The van der Waals surface area contributed by atoms with E-state index in [9.17, 15) is 9.90 Å². The lowest BCUT2D eigenvalue weighted by molar-refractivity contribution is 0.156. The van der Waals surface area contributed by atoms with Gasteiger partial charge in [-0.15, -0.1) is 0 Å². The minimum Gasteiger partial charge on any atom is -0.396 e. The fourth-order valence-electron chi connectivity index (χ4n) is 3.33. The first-order valence-corrected chi connectivity index (χ1v) is 8.45. The van der Waals surface area contributed by atoms with Gasteiger partial charge in [0.05, 0.1) is 5.69 Å². The van der Waals surface area contributed by atoms with Crippen LogP contribution in [0, 0.1) is 5.92 Å². The van der Waals surface area contributed by atoms with Gasteiger partial charge in [0.2, 0.25) is 0 Å². The van der Waals surface area contributed by atoms with Gasteiger partial charge in [-0.25, -0.2) is 4.79 Å². The number of hydrogen-bond donors (Lipinski definition) is 3. The molecular weight excluding hydrogens is 304 g/mol. The molecule has 0 saturated heterocycles. The van der Waals surface area contributed by atoms with E-state index < -0.39 is 0 Å². The van der Waals surface area contributed by atoms with E-state index in [4.69, 9.17) is 0 Å². The van der Waals surface area contributed by atoms with Crippen molar-refractivity contribution in [3.63, 3.8) is 0 Å². The molecule has 24 heavy (non-hydrogen) atoms. The molecule has 1 fully saturated rings. The van der Waals surface area contributed by atoms with Crippen LogP contribution < -0.4 is 10.6 Å². The van der Waals surface area contributed by atoms with Crippen LogP contribution in [-0.4, -0.2) is 33.6 Å². The Kier molecular flexibility index (Phi) is 5.15. The van der Waals surface area contributed by atoms with Gasteiger partial charge in [0.15, 0.2) is 0 Å². The van der Waals surface area contributed by atoms with Crippen molar-refractivity contribution in [1.82, 2.24) is 15.1 Å². The fourth-order valence-corrected chi connectivity index (χ4v) is 3.33. The molecule has 3 rings (SSSR count). The Morgan fingerprint density at radius 1 is 1.29 bits per heavy atom. The smallest absolute Gasteiger partial charge is 0.319 e. The molecule has 1 saturated carbocycles. The zero-order valence-electron chi connectivity index (χ0n) is 13.9. The van der Waals surface area contributed by atoms with Crippen molar-refractivity contribution in [2.45, 2.75) is 31.7 Å². The molecule has 1 heterocycles. The minimum absolute atomic E-state index is 0.0283. The van der Waals surface area contributed by atoms with Gasteiger partial charge in [0, 0.05) is 37.4 Å². The molecule has 0 aliphatic heterocycles. The summed E-state index contributed by atoms with van der Waals surface area (Å²) in [5, 5.41) is 19.8. The number of aliphatic hydroxyl groups is 1. The Labute approximate surface area is 141 Å². The summed E-state index contributed by atoms with van der Waals surface area (Å²) in [6.45, 7) is 0.118. The molecule has 0 bridgehead atoms. The summed E-state index contributed by atoms with van der Waals surface area (Å²) >= 11 is 0. The Hall–Kier alpha value is -2.34. The van der Waals surface area contributed by atoms with E-state index in [2.05, 4.69) is 15.7 Å². The number of benzene rings is 1. The number of anilines is 1. The molecule has 2 amide bonds. The maximum atomic E-state index is 12.4. The van der Waals surface area contributed by atoms with E-state index in [0.717, 1.165) is 36.9 Å². The Balaban J connectivity index is 1.71. The summed E-state index contributed by atoms with van der Waals surface area (Å²) < 4.78 is 1.69. The third-order valence-electron chi connectivity index (χ3n) is 4.58. The second-order valence-corrected chi connectivity index (χ2v) is 6.36. The number of aromatic nitrogens is 2. The lowest BCUT2D eigenvalue weighted by Gasteiger charge is -2.30. The van der Waals surface area contributed by atoms with Crippen LogP contribution in [0.25, 0.3) is 11.3 Å². The van der Waals surface area contributed by atoms with Crippen LogP contribution in [0.1, 0.15) is 25.7 Å². The second-order valence-electron chi connectivity index (χ2n) is 6.36. The van der Waals surface area contributed by atoms with Crippen LogP contribution in [-0.2, 0) is 7.05 Å². The highest BCUT2D eigenvalue weighted by Gasteiger charge is 2.26. The first-order valence-electron chi connectivity index (χ1n) is 8.45. The van der Waals surface area contributed by atoms with Crippen LogP contribution in [0.15, 0.2) is 36.5 Å². The number of aliphatic hydroxyl groups excluding tert-OH is 1. The highest BCUT2D eigenvalue weighted by molar-refractivity contribution is 5.93. The Bertz CT molecular complexity index is 684. The monoisotopic (exact) mass is 328 g/mol. The van der Waals surface area contributed by atoms with Crippen LogP contribution in [0.4, 0.5) is 10.5 Å². The van der Waals surface area contributed by atoms with Gasteiger partial charge in [-0.05, 0) is 12.8 Å². The summed E-state index contributed by atoms with van der Waals surface area (Å²) in [5.74, 6) is 0.145. The van der Waals surface area contributed by atoms with Gasteiger partial charge in [-0.3, -0.25) is 4.68 Å². The molecule has 1 aromatic carbocycles. The average Bonchev–Trinajstić information content (AvgIpc) is 2.96. The van der Waals surface area contributed by atoms with E-state index in [1.807, 2.05) is 37.4 Å². The maximum absolute atomic E-state index is 12.4. The quantitative estimate of drug-likeness (QED) is 0.807. The van der Waals surface area contributed by atoms with Crippen molar-refractivity contribution in [3.05, 3.63) is 36.5 Å². The zero-order valence-corrected chi connectivity index (χ0v) is 13.9. The highest BCUT2D eigenvalue weighted by atomic mass is 16.3. The van der Waals surface area contributed by atoms with E-state index in [-0.39, 0.29) is 24.6 Å². The van der Waals surface area contributed by atoms with Crippen LogP contribution in [0.3, 0.4) is 0 Å². The fraction of sp³-hybridized carbons (Fsp3) is 0.444. The van der Waals surface area contributed by atoms with Gasteiger partial charge in [0.1, 0.15) is 5.69 Å². The zero-order chi connectivity index (χ0) is 16.9. The number of carbonyl (C=O) groups excluding carboxylic acids is 1. The molecule has 2 unspecified atom stereocenters. The van der Waals surface area contributed by atoms with Crippen molar-refractivity contribution < 1.29 is 9.90 Å². The van der Waals surface area contributed by atoms with Crippen molar-refractivity contribution in [2.75, 3.05) is 11.9 Å². The maximum Gasteiger partial charge on any atom is 0.319 e. The van der Waals surface area contributed by atoms with E-state index in [1.54, 1.807) is 10.9 Å². The van der Waals surface area contributed by atoms with Gasteiger partial charge >= 0.3 is 6.03 Å².